The Bertz CT molecular complexity index is 762. The molecule has 0 spiro atoms. The van der Waals surface area contributed by atoms with Crippen LogP contribution in [-0.2, 0) is 0 Å². The van der Waals surface area contributed by atoms with Crippen molar-refractivity contribution in [1.82, 2.24) is 0 Å². The Morgan fingerprint density at radius 1 is 1.19 bits per heavy atom. The summed E-state index contributed by atoms with van der Waals surface area (Å²) in [4.78, 5) is 12.2. The van der Waals surface area contributed by atoms with Gasteiger partial charge in [0.15, 0.2) is 0 Å². The molecule has 0 radical (unpaired) electrons. The second-order valence-corrected chi connectivity index (χ2v) is 5.03. The van der Waals surface area contributed by atoms with E-state index in [1.807, 2.05) is 6.07 Å². The molecule has 104 valence electrons. The topological polar surface area (TPSA) is 61.1 Å². The molecule has 0 unspecified atom stereocenters. The fourth-order valence-electron chi connectivity index (χ4n) is 1.75. The van der Waals surface area contributed by atoms with Crippen LogP contribution < -0.4 is 0 Å². The molecule has 5 heteroatoms. The van der Waals surface area contributed by atoms with Crippen LogP contribution in [0.4, 0.5) is 0 Å². The average molecular weight is 318 g/mol. The minimum atomic E-state index is -0.436. The molecule has 0 heterocycles. The lowest BCUT2D eigenvalue weighted by molar-refractivity contribution is 0.104. The number of benzene rings is 2. The summed E-state index contributed by atoms with van der Waals surface area (Å²) < 4.78 is 0. The van der Waals surface area contributed by atoms with Gasteiger partial charge in [0, 0.05) is 16.1 Å². The lowest BCUT2D eigenvalue weighted by Gasteiger charge is -2.04. The molecule has 0 atom stereocenters. The van der Waals surface area contributed by atoms with E-state index in [0.29, 0.717) is 10.6 Å². The summed E-state index contributed by atoms with van der Waals surface area (Å²) in [6, 6.07) is 13.0. The highest BCUT2D eigenvalue weighted by molar-refractivity contribution is 6.36. The fourth-order valence-corrected chi connectivity index (χ4v) is 2.25. The Morgan fingerprint density at radius 2 is 1.86 bits per heavy atom. The van der Waals surface area contributed by atoms with Crippen LogP contribution in [0.25, 0.3) is 6.08 Å². The Morgan fingerprint density at radius 3 is 2.48 bits per heavy atom. The average Bonchev–Trinajstić information content (AvgIpc) is 2.49. The number of phenols is 1. The summed E-state index contributed by atoms with van der Waals surface area (Å²) in [5.74, 6) is -0.664. The highest BCUT2D eigenvalue weighted by Crippen LogP contribution is 2.32. The van der Waals surface area contributed by atoms with Crippen molar-refractivity contribution in [3.8, 4) is 11.8 Å². The van der Waals surface area contributed by atoms with Crippen LogP contribution in [-0.4, -0.2) is 10.9 Å². The van der Waals surface area contributed by atoms with Gasteiger partial charge in [-0.3, -0.25) is 4.79 Å². The maximum Gasteiger partial charge on any atom is 0.203 e. The van der Waals surface area contributed by atoms with Gasteiger partial charge in [0.2, 0.25) is 5.78 Å². The third kappa shape index (κ3) is 3.43. The first-order chi connectivity index (χ1) is 10.0. The molecular weight excluding hydrogens is 309 g/mol. The predicted octanol–water partition coefficient (Wildman–Crippen LogP) is 4.49. The molecule has 0 saturated heterocycles. The van der Waals surface area contributed by atoms with Crippen LogP contribution in [0, 0.1) is 11.3 Å². The van der Waals surface area contributed by atoms with Gasteiger partial charge in [0.25, 0.3) is 0 Å². The molecule has 21 heavy (non-hydrogen) atoms. The molecule has 0 aliphatic carbocycles. The van der Waals surface area contributed by atoms with E-state index in [1.165, 1.54) is 18.2 Å². The zero-order valence-corrected chi connectivity index (χ0v) is 12.2. The van der Waals surface area contributed by atoms with Crippen molar-refractivity contribution in [2.45, 2.75) is 0 Å². The van der Waals surface area contributed by atoms with E-state index in [-0.39, 0.29) is 21.9 Å². The van der Waals surface area contributed by atoms with Gasteiger partial charge in [0.1, 0.15) is 17.4 Å². The number of phenolic OH excluding ortho intramolecular Hbond substituents is 1. The molecule has 0 saturated carbocycles. The first-order valence-corrected chi connectivity index (χ1v) is 6.68. The van der Waals surface area contributed by atoms with E-state index in [2.05, 4.69) is 0 Å². The number of nitriles is 1. The fraction of sp³-hybridized carbons (Fsp3) is 0. The first-order valence-electron chi connectivity index (χ1n) is 5.92. The molecular formula is C16H9Cl2NO2. The largest absolute Gasteiger partial charge is 0.506 e. The summed E-state index contributed by atoms with van der Waals surface area (Å²) >= 11 is 11.7. The van der Waals surface area contributed by atoms with E-state index < -0.39 is 5.78 Å². The van der Waals surface area contributed by atoms with Crippen molar-refractivity contribution < 1.29 is 9.90 Å². The van der Waals surface area contributed by atoms with Crippen molar-refractivity contribution >= 4 is 35.1 Å². The number of aromatic hydroxyl groups is 1. The summed E-state index contributed by atoms with van der Waals surface area (Å²) in [7, 11) is 0. The molecule has 1 N–H and O–H groups in total. The van der Waals surface area contributed by atoms with Crippen molar-refractivity contribution in [3.63, 3.8) is 0 Å². The van der Waals surface area contributed by atoms with Crippen molar-refractivity contribution in [2.24, 2.45) is 0 Å². The summed E-state index contributed by atoms with van der Waals surface area (Å²) in [5.41, 5.74) is 0.487. The second kappa shape index (κ2) is 6.45. The van der Waals surface area contributed by atoms with Crippen molar-refractivity contribution in [3.05, 3.63) is 69.2 Å². The lowest BCUT2D eigenvalue weighted by Crippen LogP contribution is -2.01. The maximum atomic E-state index is 12.2. The van der Waals surface area contributed by atoms with E-state index >= 15 is 0 Å². The van der Waals surface area contributed by atoms with E-state index in [0.717, 1.165) is 0 Å². The second-order valence-electron chi connectivity index (χ2n) is 4.19. The maximum absolute atomic E-state index is 12.2. The number of ketones is 1. The number of nitrogens with zero attached hydrogens (tertiary/aromatic N) is 1. The number of rotatable bonds is 3. The van der Waals surface area contributed by atoms with Gasteiger partial charge in [-0.1, -0.05) is 53.5 Å². The van der Waals surface area contributed by atoms with Gasteiger partial charge >= 0.3 is 0 Å². The Balaban J connectivity index is 2.48. The number of Topliss-reactive ketones (excluding diaryl/α,β-unsaturated/α-hetero) is 1. The van der Waals surface area contributed by atoms with Crippen molar-refractivity contribution in [2.75, 3.05) is 0 Å². The van der Waals surface area contributed by atoms with E-state index in [1.54, 1.807) is 30.3 Å². The number of hydrogen-bond acceptors (Lipinski definition) is 3. The number of halogens is 2. The van der Waals surface area contributed by atoms with Gasteiger partial charge in [-0.2, -0.15) is 5.26 Å². The Labute approximate surface area is 131 Å². The SMILES string of the molecule is N#C/C(=C\c1cc(Cl)cc(Cl)c1O)C(=O)c1ccccc1. The van der Waals surface area contributed by atoms with Crippen LogP contribution in [0.5, 0.6) is 5.75 Å². The van der Waals surface area contributed by atoms with Crippen molar-refractivity contribution in [1.29, 1.82) is 5.26 Å². The molecule has 2 aromatic rings. The van der Waals surface area contributed by atoms with E-state index in [9.17, 15) is 9.90 Å². The third-order valence-corrected chi connectivity index (χ3v) is 3.26. The minimum Gasteiger partial charge on any atom is -0.506 e. The van der Waals surface area contributed by atoms with Crippen LogP contribution in [0.2, 0.25) is 10.0 Å². The molecule has 0 fully saturated rings. The third-order valence-electron chi connectivity index (χ3n) is 2.76. The van der Waals surface area contributed by atoms with Crippen LogP contribution in [0.15, 0.2) is 48.0 Å². The molecule has 0 bridgehead atoms. The first kappa shape index (κ1) is 15.1. The number of hydrogen-bond donors (Lipinski definition) is 1. The Hall–Kier alpha value is -2.28. The molecule has 0 aromatic heterocycles. The number of carbonyl (C=O) groups is 1. The smallest absolute Gasteiger partial charge is 0.203 e. The Kier molecular flexibility index (Phi) is 4.64. The zero-order chi connectivity index (χ0) is 15.4. The minimum absolute atomic E-state index is 0.0539. The predicted molar refractivity (Wildman–Crippen MR) is 82.5 cm³/mol. The van der Waals surface area contributed by atoms with Crippen LogP contribution in [0.1, 0.15) is 15.9 Å². The highest BCUT2D eigenvalue weighted by atomic mass is 35.5. The summed E-state index contributed by atoms with van der Waals surface area (Å²) in [5, 5.41) is 19.4. The highest BCUT2D eigenvalue weighted by Gasteiger charge is 2.14. The molecule has 2 aromatic carbocycles. The van der Waals surface area contributed by atoms with Gasteiger partial charge in [-0.15, -0.1) is 0 Å². The van der Waals surface area contributed by atoms with Crippen LogP contribution >= 0.6 is 23.2 Å². The number of allylic oxidation sites excluding steroid dienone is 1. The van der Waals surface area contributed by atoms with Gasteiger partial charge in [0.05, 0.1) is 5.02 Å². The monoisotopic (exact) mass is 317 g/mol. The summed E-state index contributed by atoms with van der Waals surface area (Å²) in [6.07, 6.45) is 1.27. The molecule has 2 rings (SSSR count). The normalized spacial score (nSPS) is 11.0. The standard InChI is InChI=1S/C16H9Cl2NO2/c17-13-7-11(16(21)14(18)8-13)6-12(9-19)15(20)10-4-2-1-3-5-10/h1-8,21H/b12-6+. The molecule has 0 aliphatic heterocycles. The van der Waals surface area contributed by atoms with Gasteiger partial charge in [-0.25, -0.2) is 0 Å². The van der Waals surface area contributed by atoms with Crippen LogP contribution in [0.3, 0.4) is 0 Å². The summed E-state index contributed by atoms with van der Waals surface area (Å²) in [6.45, 7) is 0. The lowest BCUT2D eigenvalue weighted by atomic mass is 10.0. The van der Waals surface area contributed by atoms with Gasteiger partial charge < -0.3 is 5.11 Å². The molecule has 3 nitrogen and oxygen atoms in total. The van der Waals surface area contributed by atoms with Gasteiger partial charge in [-0.05, 0) is 18.2 Å². The quantitative estimate of drug-likeness (QED) is 0.515. The number of carbonyl (C=O) groups excluding carboxylic acids is 1. The van der Waals surface area contributed by atoms with E-state index in [4.69, 9.17) is 28.5 Å². The molecule has 0 amide bonds. The molecule has 0 aliphatic rings. The zero-order valence-electron chi connectivity index (χ0n) is 10.7.